The van der Waals surface area contributed by atoms with Gasteiger partial charge in [-0.1, -0.05) is 0 Å². The van der Waals surface area contributed by atoms with Crippen molar-refractivity contribution in [3.63, 3.8) is 0 Å². The fraction of sp³-hybridized carbons (Fsp3) is 0.385. The normalized spacial score (nSPS) is 16.1. The van der Waals surface area contributed by atoms with Crippen LogP contribution in [0.25, 0.3) is 0 Å². The van der Waals surface area contributed by atoms with E-state index in [4.69, 9.17) is 0 Å². The molecule has 7 heteroatoms. The molecule has 0 aliphatic carbocycles. The van der Waals surface area contributed by atoms with Gasteiger partial charge in [0.25, 0.3) is 0 Å². The molecule has 5 nitrogen and oxygen atoms in total. The summed E-state index contributed by atoms with van der Waals surface area (Å²) in [5.41, 5.74) is 0.0522. The van der Waals surface area contributed by atoms with Gasteiger partial charge in [-0.15, -0.1) is 0 Å². The Kier molecular flexibility index (Phi) is 4.29. The van der Waals surface area contributed by atoms with Crippen molar-refractivity contribution < 1.29 is 18.4 Å². The maximum Gasteiger partial charge on any atom is 0.313 e. The molecule has 0 spiro atoms. The summed E-state index contributed by atoms with van der Waals surface area (Å²) < 4.78 is 25.8. The van der Waals surface area contributed by atoms with Gasteiger partial charge in [0.2, 0.25) is 0 Å². The van der Waals surface area contributed by atoms with Crippen LogP contribution in [0, 0.1) is 11.6 Å². The van der Waals surface area contributed by atoms with E-state index in [0.717, 1.165) is 12.1 Å². The lowest BCUT2D eigenvalue weighted by molar-refractivity contribution is -0.144. The molecule has 0 saturated carbocycles. The highest BCUT2D eigenvalue weighted by Crippen LogP contribution is 2.13. The predicted octanol–water partition coefficient (Wildman–Crippen LogP) is 0.677. The van der Waals surface area contributed by atoms with E-state index >= 15 is 0 Å². The van der Waals surface area contributed by atoms with Gasteiger partial charge in [0.15, 0.2) is 11.6 Å². The van der Waals surface area contributed by atoms with Crippen LogP contribution in [0.4, 0.5) is 14.5 Å². The van der Waals surface area contributed by atoms with Crippen LogP contribution >= 0.6 is 0 Å². The Morgan fingerprint density at radius 2 is 1.75 bits per heavy atom. The zero-order valence-corrected chi connectivity index (χ0v) is 11.0. The van der Waals surface area contributed by atoms with Crippen LogP contribution in [-0.2, 0) is 9.59 Å². The summed E-state index contributed by atoms with van der Waals surface area (Å²) in [6, 6.07) is 2.93. The van der Waals surface area contributed by atoms with Crippen molar-refractivity contribution in [3.8, 4) is 0 Å². The molecule has 1 aromatic carbocycles. The molecule has 2 rings (SSSR count). The maximum atomic E-state index is 13.0. The molecule has 0 unspecified atom stereocenters. The zero-order valence-electron chi connectivity index (χ0n) is 11.0. The summed E-state index contributed by atoms with van der Waals surface area (Å²) in [7, 11) is 1.93. The SMILES string of the molecule is CN1CCN(C(=O)C(=O)Nc2ccc(F)c(F)c2)CC1. The molecule has 0 bridgehead atoms. The van der Waals surface area contributed by atoms with Gasteiger partial charge in [-0.05, 0) is 19.2 Å². The molecular weight excluding hydrogens is 268 g/mol. The Hall–Kier alpha value is -2.02. The van der Waals surface area contributed by atoms with Crippen molar-refractivity contribution in [2.45, 2.75) is 0 Å². The Morgan fingerprint density at radius 3 is 2.35 bits per heavy atom. The Labute approximate surface area is 115 Å². The lowest BCUT2D eigenvalue weighted by atomic mass is 10.3. The van der Waals surface area contributed by atoms with E-state index in [2.05, 4.69) is 10.2 Å². The topological polar surface area (TPSA) is 52.7 Å². The highest BCUT2D eigenvalue weighted by atomic mass is 19.2. The third-order valence-corrected chi connectivity index (χ3v) is 3.16. The zero-order chi connectivity index (χ0) is 14.7. The minimum absolute atomic E-state index is 0.0522. The average molecular weight is 283 g/mol. The minimum Gasteiger partial charge on any atom is -0.332 e. The number of rotatable bonds is 1. The monoisotopic (exact) mass is 283 g/mol. The number of halogens is 2. The number of hydrogen-bond acceptors (Lipinski definition) is 3. The molecule has 0 atom stereocenters. The van der Waals surface area contributed by atoms with E-state index in [-0.39, 0.29) is 5.69 Å². The quantitative estimate of drug-likeness (QED) is 0.771. The van der Waals surface area contributed by atoms with E-state index in [9.17, 15) is 18.4 Å². The summed E-state index contributed by atoms with van der Waals surface area (Å²) >= 11 is 0. The number of nitrogens with one attached hydrogen (secondary N) is 1. The third kappa shape index (κ3) is 3.30. The number of hydrogen-bond donors (Lipinski definition) is 1. The van der Waals surface area contributed by atoms with Crippen molar-refractivity contribution >= 4 is 17.5 Å². The van der Waals surface area contributed by atoms with Crippen LogP contribution < -0.4 is 5.32 Å². The Morgan fingerprint density at radius 1 is 1.10 bits per heavy atom. The lowest BCUT2D eigenvalue weighted by Gasteiger charge is -2.31. The van der Waals surface area contributed by atoms with Gasteiger partial charge in [0.05, 0.1) is 0 Å². The van der Waals surface area contributed by atoms with Crippen molar-refractivity contribution in [1.29, 1.82) is 0 Å². The number of benzene rings is 1. The first-order valence-electron chi connectivity index (χ1n) is 6.21. The smallest absolute Gasteiger partial charge is 0.313 e. The highest BCUT2D eigenvalue weighted by molar-refractivity contribution is 6.39. The number of anilines is 1. The minimum atomic E-state index is -1.07. The van der Waals surface area contributed by atoms with Gasteiger partial charge in [-0.2, -0.15) is 0 Å². The van der Waals surface area contributed by atoms with Gasteiger partial charge in [0.1, 0.15) is 0 Å². The summed E-state index contributed by atoms with van der Waals surface area (Å²) in [6.45, 7) is 2.34. The molecule has 2 amide bonds. The molecule has 20 heavy (non-hydrogen) atoms. The first-order valence-corrected chi connectivity index (χ1v) is 6.21. The van der Waals surface area contributed by atoms with Crippen LogP contribution in [0.1, 0.15) is 0 Å². The maximum absolute atomic E-state index is 13.0. The number of nitrogens with zero attached hydrogens (tertiary/aromatic N) is 2. The molecule has 1 fully saturated rings. The molecule has 108 valence electrons. The molecule has 0 aromatic heterocycles. The van der Waals surface area contributed by atoms with Gasteiger partial charge in [-0.3, -0.25) is 9.59 Å². The average Bonchev–Trinajstić information content (AvgIpc) is 2.43. The van der Waals surface area contributed by atoms with Crippen LogP contribution in [0.3, 0.4) is 0 Å². The molecule has 1 aliphatic rings. The van der Waals surface area contributed by atoms with Crippen LogP contribution in [0.5, 0.6) is 0 Å². The highest BCUT2D eigenvalue weighted by Gasteiger charge is 2.24. The first-order chi connectivity index (χ1) is 9.47. The van der Waals surface area contributed by atoms with E-state index < -0.39 is 23.4 Å². The van der Waals surface area contributed by atoms with E-state index in [1.54, 1.807) is 0 Å². The molecule has 1 N–H and O–H groups in total. The number of amides is 2. The fourth-order valence-electron chi connectivity index (χ4n) is 1.91. The standard InChI is InChI=1S/C13H15F2N3O2/c1-17-4-6-18(7-5-17)13(20)12(19)16-9-2-3-10(14)11(15)8-9/h2-3,8H,4-7H2,1H3,(H,16,19). The third-order valence-electron chi connectivity index (χ3n) is 3.16. The first kappa shape index (κ1) is 14.4. The molecule has 1 heterocycles. The number of likely N-dealkylation sites (N-methyl/N-ethyl adjacent to an activating group) is 1. The van der Waals surface area contributed by atoms with Crippen molar-refractivity contribution in [2.24, 2.45) is 0 Å². The van der Waals surface area contributed by atoms with E-state index in [1.807, 2.05) is 7.05 Å². The largest absolute Gasteiger partial charge is 0.332 e. The number of carbonyl (C=O) groups is 2. The molecule has 0 radical (unpaired) electrons. The van der Waals surface area contributed by atoms with Crippen LogP contribution in [-0.4, -0.2) is 54.8 Å². The summed E-state index contributed by atoms with van der Waals surface area (Å²) in [6.07, 6.45) is 0. The van der Waals surface area contributed by atoms with Gasteiger partial charge in [-0.25, -0.2) is 8.78 Å². The molecule has 1 aliphatic heterocycles. The van der Waals surface area contributed by atoms with Gasteiger partial charge in [0, 0.05) is 37.9 Å². The summed E-state index contributed by atoms with van der Waals surface area (Å²) in [5, 5.41) is 2.27. The molecule has 1 aromatic rings. The number of piperazine rings is 1. The number of carbonyl (C=O) groups excluding carboxylic acids is 2. The van der Waals surface area contributed by atoms with E-state index in [1.165, 1.54) is 11.0 Å². The predicted molar refractivity (Wildman–Crippen MR) is 69.1 cm³/mol. The van der Waals surface area contributed by atoms with E-state index in [0.29, 0.717) is 26.2 Å². The summed E-state index contributed by atoms with van der Waals surface area (Å²) in [4.78, 5) is 27.1. The molecule has 1 saturated heterocycles. The second kappa shape index (κ2) is 5.96. The second-order valence-electron chi connectivity index (χ2n) is 4.68. The van der Waals surface area contributed by atoms with Crippen molar-refractivity contribution in [1.82, 2.24) is 9.80 Å². The lowest BCUT2D eigenvalue weighted by Crippen LogP contribution is -2.50. The Balaban J connectivity index is 1.97. The van der Waals surface area contributed by atoms with Crippen LogP contribution in [0.15, 0.2) is 18.2 Å². The molecular formula is C13H15F2N3O2. The van der Waals surface area contributed by atoms with Crippen molar-refractivity contribution in [2.75, 3.05) is 38.5 Å². The Bertz CT molecular complexity index is 528. The fourth-order valence-corrected chi connectivity index (χ4v) is 1.91. The van der Waals surface area contributed by atoms with Crippen molar-refractivity contribution in [3.05, 3.63) is 29.8 Å². The second-order valence-corrected chi connectivity index (χ2v) is 4.68. The summed E-state index contributed by atoms with van der Waals surface area (Å²) in [5.74, 6) is -3.59. The van der Waals surface area contributed by atoms with Gasteiger partial charge >= 0.3 is 11.8 Å². The van der Waals surface area contributed by atoms with Crippen LogP contribution in [0.2, 0.25) is 0 Å². The van der Waals surface area contributed by atoms with Gasteiger partial charge < -0.3 is 15.1 Å².